The van der Waals surface area contributed by atoms with Crippen LogP contribution in [-0.4, -0.2) is 75.5 Å². The van der Waals surface area contributed by atoms with E-state index in [2.05, 4.69) is 26.0 Å². The molecule has 0 aliphatic heterocycles. The van der Waals surface area contributed by atoms with Gasteiger partial charge in [-0.05, 0) is 32.1 Å². The summed E-state index contributed by atoms with van der Waals surface area (Å²) in [7, 11) is 5.39. The van der Waals surface area contributed by atoms with E-state index in [-0.39, 0.29) is 42.7 Å². The second-order valence-corrected chi connectivity index (χ2v) is 14.9. The van der Waals surface area contributed by atoms with Crippen molar-refractivity contribution >= 4 is 17.9 Å². The molecule has 0 aliphatic carbocycles. The SMILES string of the molecule is CCCCCC/C=C/CCCC(=O)OCC(COCCC(C(=O)[O-])[N+](C)(C)C)OC(=O)CCCCCCCCCCCCCCCCCC. The van der Waals surface area contributed by atoms with Crippen LogP contribution in [0.5, 0.6) is 0 Å². The summed E-state index contributed by atoms with van der Waals surface area (Å²) in [6, 6.07) is -0.723. The second kappa shape index (κ2) is 33.2. The Morgan fingerprint density at radius 1 is 0.592 bits per heavy atom. The Labute approximate surface area is 301 Å². The first-order valence-electron chi connectivity index (χ1n) is 20.2. The van der Waals surface area contributed by atoms with Crippen molar-refractivity contribution in [2.24, 2.45) is 0 Å². The van der Waals surface area contributed by atoms with E-state index in [4.69, 9.17) is 14.2 Å². The van der Waals surface area contributed by atoms with Gasteiger partial charge in [0.2, 0.25) is 0 Å². The highest BCUT2D eigenvalue weighted by molar-refractivity contribution is 5.70. The lowest BCUT2D eigenvalue weighted by Crippen LogP contribution is -2.55. The van der Waals surface area contributed by atoms with Crippen molar-refractivity contribution in [1.29, 1.82) is 0 Å². The fourth-order valence-electron chi connectivity index (χ4n) is 5.96. The summed E-state index contributed by atoms with van der Waals surface area (Å²) in [6.45, 7) is 4.60. The van der Waals surface area contributed by atoms with Crippen LogP contribution in [0.25, 0.3) is 0 Å². The lowest BCUT2D eigenvalue weighted by atomic mass is 10.0. The molecule has 0 rings (SSSR count). The number of rotatable bonds is 36. The predicted octanol–water partition coefficient (Wildman–Crippen LogP) is 9.02. The largest absolute Gasteiger partial charge is 0.544 e. The van der Waals surface area contributed by atoms with Crippen molar-refractivity contribution in [1.82, 2.24) is 0 Å². The molecule has 288 valence electrons. The summed E-state index contributed by atoms with van der Waals surface area (Å²) in [6.07, 6.45) is 32.4. The van der Waals surface area contributed by atoms with E-state index in [0.717, 1.165) is 32.1 Å². The van der Waals surface area contributed by atoms with E-state index in [0.29, 0.717) is 19.3 Å². The molecule has 8 nitrogen and oxygen atoms in total. The normalized spacial score (nSPS) is 13.1. The van der Waals surface area contributed by atoms with Crippen molar-refractivity contribution in [2.75, 3.05) is 41.0 Å². The monoisotopic (exact) mass is 696 g/mol. The molecule has 0 N–H and O–H groups in total. The quantitative estimate of drug-likeness (QED) is 0.0279. The van der Waals surface area contributed by atoms with Gasteiger partial charge >= 0.3 is 11.9 Å². The number of nitrogens with zero attached hydrogens (tertiary/aromatic N) is 1. The lowest BCUT2D eigenvalue weighted by Gasteiger charge is -2.34. The molecule has 0 amide bonds. The Hall–Kier alpha value is -1.93. The second-order valence-electron chi connectivity index (χ2n) is 14.9. The summed E-state index contributed by atoms with van der Waals surface area (Å²) >= 11 is 0. The van der Waals surface area contributed by atoms with Crippen molar-refractivity contribution in [3.05, 3.63) is 12.2 Å². The number of ether oxygens (including phenoxy) is 3. The maximum atomic E-state index is 12.6. The highest BCUT2D eigenvalue weighted by atomic mass is 16.6. The molecule has 0 aromatic carbocycles. The number of unbranched alkanes of at least 4 members (excludes halogenated alkanes) is 20. The van der Waals surface area contributed by atoms with Crippen LogP contribution in [0.4, 0.5) is 0 Å². The van der Waals surface area contributed by atoms with E-state index in [1.54, 1.807) is 21.1 Å². The molecule has 0 fully saturated rings. The number of hydrogen-bond donors (Lipinski definition) is 0. The van der Waals surface area contributed by atoms with Crippen LogP contribution >= 0.6 is 0 Å². The number of carboxylic acid groups (broad SMARTS) is 1. The van der Waals surface area contributed by atoms with Crippen LogP contribution in [0.15, 0.2) is 12.2 Å². The van der Waals surface area contributed by atoms with Gasteiger partial charge in [0.25, 0.3) is 0 Å². The topological polar surface area (TPSA) is 102 Å². The van der Waals surface area contributed by atoms with Crippen LogP contribution in [0.1, 0.15) is 181 Å². The molecule has 2 unspecified atom stereocenters. The van der Waals surface area contributed by atoms with Crippen LogP contribution < -0.4 is 5.11 Å². The molecule has 49 heavy (non-hydrogen) atoms. The average Bonchev–Trinajstić information content (AvgIpc) is 3.05. The van der Waals surface area contributed by atoms with Gasteiger partial charge in [-0.3, -0.25) is 9.59 Å². The van der Waals surface area contributed by atoms with E-state index >= 15 is 0 Å². The van der Waals surface area contributed by atoms with Crippen molar-refractivity contribution in [2.45, 2.75) is 193 Å². The smallest absolute Gasteiger partial charge is 0.306 e. The van der Waals surface area contributed by atoms with Crippen molar-refractivity contribution in [3.8, 4) is 0 Å². The lowest BCUT2D eigenvalue weighted by molar-refractivity contribution is -0.889. The zero-order chi connectivity index (χ0) is 36.4. The van der Waals surface area contributed by atoms with Gasteiger partial charge in [0, 0.05) is 19.3 Å². The fourth-order valence-corrected chi connectivity index (χ4v) is 5.96. The Morgan fingerprint density at radius 2 is 1.04 bits per heavy atom. The number of carbonyl (C=O) groups excluding carboxylic acids is 3. The highest BCUT2D eigenvalue weighted by Crippen LogP contribution is 2.15. The highest BCUT2D eigenvalue weighted by Gasteiger charge is 2.25. The van der Waals surface area contributed by atoms with E-state index < -0.39 is 18.1 Å². The van der Waals surface area contributed by atoms with Gasteiger partial charge in [0.15, 0.2) is 6.10 Å². The summed E-state index contributed by atoms with van der Waals surface area (Å²) in [5.74, 6) is -1.77. The molecular formula is C41H77NO7. The van der Waals surface area contributed by atoms with Gasteiger partial charge < -0.3 is 28.6 Å². The molecule has 0 radical (unpaired) electrons. The Balaban J connectivity index is 4.35. The third-order valence-electron chi connectivity index (χ3n) is 9.15. The molecule has 0 heterocycles. The number of aliphatic carboxylic acids is 1. The number of esters is 2. The zero-order valence-corrected chi connectivity index (χ0v) is 32.6. The van der Waals surface area contributed by atoms with Gasteiger partial charge in [-0.2, -0.15) is 0 Å². The van der Waals surface area contributed by atoms with Gasteiger partial charge in [0.05, 0.1) is 40.3 Å². The molecular weight excluding hydrogens is 618 g/mol. The van der Waals surface area contributed by atoms with Gasteiger partial charge in [0.1, 0.15) is 12.6 Å². The standard InChI is InChI=1S/C41H77NO7/c1-6-8-10-12-14-16-17-18-19-20-21-22-24-26-28-30-32-40(44)49-37(35-47-34-33-38(41(45)46)42(3,4)5)36-48-39(43)31-29-27-25-23-15-13-11-9-7-2/h23,25,37-38H,6-22,24,26-36H2,1-5H3/b25-23+. The molecule has 0 aromatic rings. The van der Waals surface area contributed by atoms with Crippen LogP contribution in [0.3, 0.4) is 0 Å². The Morgan fingerprint density at radius 3 is 1.53 bits per heavy atom. The molecule has 0 spiro atoms. The van der Waals surface area contributed by atoms with Crippen LogP contribution in [-0.2, 0) is 28.6 Å². The molecule has 0 bridgehead atoms. The minimum Gasteiger partial charge on any atom is -0.544 e. The third kappa shape index (κ3) is 31.8. The average molecular weight is 696 g/mol. The molecule has 0 saturated heterocycles. The molecule has 0 aliphatic rings. The summed E-state index contributed by atoms with van der Waals surface area (Å²) in [4.78, 5) is 36.6. The van der Waals surface area contributed by atoms with E-state index in [9.17, 15) is 19.5 Å². The minimum atomic E-state index is -1.13. The first-order chi connectivity index (χ1) is 23.6. The fraction of sp³-hybridized carbons (Fsp3) is 0.878. The maximum absolute atomic E-state index is 12.6. The molecule has 0 saturated carbocycles. The maximum Gasteiger partial charge on any atom is 0.306 e. The van der Waals surface area contributed by atoms with Crippen molar-refractivity contribution in [3.63, 3.8) is 0 Å². The van der Waals surface area contributed by atoms with Crippen LogP contribution in [0, 0.1) is 0 Å². The number of carboxylic acids is 1. The first kappa shape index (κ1) is 47.1. The number of quaternary nitrogens is 1. The zero-order valence-electron chi connectivity index (χ0n) is 32.6. The predicted molar refractivity (Wildman–Crippen MR) is 199 cm³/mol. The summed E-state index contributed by atoms with van der Waals surface area (Å²) in [5.41, 5.74) is 0. The van der Waals surface area contributed by atoms with Crippen molar-refractivity contribution < 1.29 is 38.2 Å². The Kier molecular flexibility index (Phi) is 31.9. The van der Waals surface area contributed by atoms with Gasteiger partial charge in [-0.15, -0.1) is 0 Å². The third-order valence-corrected chi connectivity index (χ3v) is 9.15. The van der Waals surface area contributed by atoms with Gasteiger partial charge in [-0.25, -0.2) is 0 Å². The number of allylic oxidation sites excluding steroid dienone is 2. The summed E-state index contributed by atoms with van der Waals surface area (Å²) in [5, 5.41) is 11.6. The number of likely N-dealkylation sites (N-methyl/N-ethyl adjacent to an activating group) is 1. The number of carbonyl (C=O) groups is 3. The minimum absolute atomic E-state index is 0.0374. The Bertz CT molecular complexity index is 823. The van der Waals surface area contributed by atoms with E-state index in [1.807, 2.05) is 0 Å². The molecule has 0 aromatic heterocycles. The summed E-state index contributed by atoms with van der Waals surface area (Å²) < 4.78 is 17.1. The van der Waals surface area contributed by atoms with Gasteiger partial charge in [-0.1, -0.05) is 142 Å². The molecule has 8 heteroatoms. The van der Waals surface area contributed by atoms with E-state index in [1.165, 1.54) is 109 Å². The first-order valence-corrected chi connectivity index (χ1v) is 20.2. The van der Waals surface area contributed by atoms with Crippen LogP contribution in [0.2, 0.25) is 0 Å². The number of hydrogen-bond acceptors (Lipinski definition) is 7. The molecule has 2 atom stereocenters.